The fourth-order valence-electron chi connectivity index (χ4n) is 1.46. The summed E-state index contributed by atoms with van der Waals surface area (Å²) in [5, 5.41) is 2.66. The van der Waals surface area contributed by atoms with Crippen LogP contribution < -0.4 is 15.6 Å². The molecule has 1 heterocycles. The maximum absolute atomic E-state index is 12.0. The lowest BCUT2D eigenvalue weighted by atomic mass is 10.4. The van der Waals surface area contributed by atoms with Gasteiger partial charge in [-0.3, -0.25) is 9.59 Å². The second kappa shape index (κ2) is 8.31. The van der Waals surface area contributed by atoms with E-state index in [1.54, 1.807) is 25.4 Å². The van der Waals surface area contributed by atoms with Crippen LogP contribution in [0.1, 0.15) is 13.3 Å². The van der Waals surface area contributed by atoms with E-state index < -0.39 is 0 Å². The first-order chi connectivity index (χ1) is 9.19. The first kappa shape index (κ1) is 15.2. The molecular weight excluding hydrogens is 248 g/mol. The van der Waals surface area contributed by atoms with Crippen LogP contribution in [-0.2, 0) is 16.1 Å². The van der Waals surface area contributed by atoms with Crippen molar-refractivity contribution in [2.75, 3.05) is 26.9 Å². The summed E-state index contributed by atoms with van der Waals surface area (Å²) in [6.07, 6.45) is 2.39. The fraction of sp³-hybridized carbons (Fsp3) is 0.538. The molecule has 6 heteroatoms. The van der Waals surface area contributed by atoms with E-state index in [0.717, 1.165) is 6.42 Å². The second-order valence-electron chi connectivity index (χ2n) is 4.00. The molecule has 1 aromatic heterocycles. The van der Waals surface area contributed by atoms with E-state index in [1.165, 1.54) is 4.57 Å². The Morgan fingerprint density at radius 1 is 1.42 bits per heavy atom. The Bertz CT molecular complexity index is 456. The van der Waals surface area contributed by atoms with Gasteiger partial charge < -0.3 is 19.4 Å². The van der Waals surface area contributed by atoms with Gasteiger partial charge in [0, 0.05) is 19.9 Å². The number of amides is 1. The minimum absolute atomic E-state index is 0.0220. The summed E-state index contributed by atoms with van der Waals surface area (Å²) in [5.41, 5.74) is -0.294. The lowest BCUT2D eigenvalue weighted by molar-refractivity contribution is -0.121. The van der Waals surface area contributed by atoms with Gasteiger partial charge in [0.25, 0.3) is 5.56 Å². The lowest BCUT2D eigenvalue weighted by Crippen LogP contribution is -2.34. The Balaban J connectivity index is 2.63. The number of carbonyl (C=O) groups excluding carboxylic acids is 1. The minimum Gasteiger partial charge on any atom is -0.488 e. The van der Waals surface area contributed by atoms with Crippen molar-refractivity contribution in [1.29, 1.82) is 0 Å². The standard InChI is InChI=1S/C13H20N2O4/c1-3-8-19-11-5-4-7-15(13(11)17)10-12(16)14-6-9-18-2/h4-5,7H,3,6,8-10H2,1-2H3,(H,14,16). The van der Waals surface area contributed by atoms with Crippen molar-refractivity contribution < 1.29 is 14.3 Å². The van der Waals surface area contributed by atoms with Crippen molar-refractivity contribution in [1.82, 2.24) is 9.88 Å². The third kappa shape index (κ3) is 5.13. The summed E-state index contributed by atoms with van der Waals surface area (Å²) in [6, 6.07) is 3.30. The largest absolute Gasteiger partial charge is 0.488 e. The third-order valence-electron chi connectivity index (χ3n) is 2.39. The molecule has 6 nitrogen and oxygen atoms in total. The van der Waals surface area contributed by atoms with Crippen molar-refractivity contribution in [3.05, 3.63) is 28.7 Å². The number of aromatic nitrogens is 1. The molecule has 0 saturated carbocycles. The average Bonchev–Trinajstić information content (AvgIpc) is 2.40. The van der Waals surface area contributed by atoms with Crippen molar-refractivity contribution in [2.45, 2.75) is 19.9 Å². The van der Waals surface area contributed by atoms with Crippen molar-refractivity contribution in [3.63, 3.8) is 0 Å². The molecule has 0 radical (unpaired) electrons. The first-order valence-electron chi connectivity index (χ1n) is 6.27. The van der Waals surface area contributed by atoms with Gasteiger partial charge in [-0.1, -0.05) is 6.92 Å². The predicted octanol–water partition coefficient (Wildman–Crippen LogP) is 0.400. The van der Waals surface area contributed by atoms with Crippen LogP contribution in [0.4, 0.5) is 0 Å². The molecule has 1 amide bonds. The van der Waals surface area contributed by atoms with E-state index in [2.05, 4.69) is 5.32 Å². The zero-order valence-electron chi connectivity index (χ0n) is 11.3. The Labute approximate surface area is 112 Å². The second-order valence-corrected chi connectivity index (χ2v) is 4.00. The van der Waals surface area contributed by atoms with Gasteiger partial charge in [0.1, 0.15) is 6.54 Å². The van der Waals surface area contributed by atoms with E-state index in [9.17, 15) is 9.59 Å². The van der Waals surface area contributed by atoms with Gasteiger partial charge in [0.05, 0.1) is 13.2 Å². The van der Waals surface area contributed by atoms with E-state index in [-0.39, 0.29) is 23.8 Å². The van der Waals surface area contributed by atoms with E-state index >= 15 is 0 Å². The summed E-state index contributed by atoms with van der Waals surface area (Å²) in [4.78, 5) is 23.6. The SMILES string of the molecule is CCCOc1cccn(CC(=O)NCCOC)c1=O. The molecule has 0 aliphatic heterocycles. The summed E-state index contributed by atoms with van der Waals surface area (Å²) in [7, 11) is 1.56. The molecule has 1 rings (SSSR count). The molecule has 106 valence electrons. The van der Waals surface area contributed by atoms with Gasteiger partial charge in [-0.15, -0.1) is 0 Å². The van der Waals surface area contributed by atoms with Crippen LogP contribution >= 0.6 is 0 Å². The molecule has 0 aliphatic rings. The molecule has 0 bridgehead atoms. The van der Waals surface area contributed by atoms with Crippen LogP contribution in [0.25, 0.3) is 0 Å². The molecule has 0 saturated heterocycles. The van der Waals surface area contributed by atoms with Crippen LogP contribution in [0.15, 0.2) is 23.1 Å². The predicted molar refractivity (Wildman–Crippen MR) is 71.4 cm³/mol. The summed E-state index contributed by atoms with van der Waals surface area (Å²) < 4.78 is 11.5. The number of hydrogen-bond donors (Lipinski definition) is 1. The Hall–Kier alpha value is -1.82. The van der Waals surface area contributed by atoms with Gasteiger partial charge in [-0.2, -0.15) is 0 Å². The molecule has 0 spiro atoms. The highest BCUT2D eigenvalue weighted by molar-refractivity contribution is 5.75. The lowest BCUT2D eigenvalue weighted by Gasteiger charge is -2.09. The number of carbonyl (C=O) groups is 1. The highest BCUT2D eigenvalue weighted by Crippen LogP contribution is 2.02. The van der Waals surface area contributed by atoms with Crippen LogP contribution in [0.5, 0.6) is 5.75 Å². The van der Waals surface area contributed by atoms with E-state index in [1.807, 2.05) is 6.92 Å². The summed E-state index contributed by atoms with van der Waals surface area (Å²) >= 11 is 0. The topological polar surface area (TPSA) is 69.6 Å². The molecule has 0 aliphatic carbocycles. The van der Waals surface area contributed by atoms with Crippen LogP contribution in [0.3, 0.4) is 0 Å². The normalized spacial score (nSPS) is 10.2. The molecule has 1 N–H and O–H groups in total. The highest BCUT2D eigenvalue weighted by Gasteiger charge is 2.07. The summed E-state index contributed by atoms with van der Waals surface area (Å²) in [6.45, 7) is 3.30. The van der Waals surface area contributed by atoms with Crippen molar-refractivity contribution in [3.8, 4) is 5.75 Å². The first-order valence-corrected chi connectivity index (χ1v) is 6.27. The number of hydrogen-bond acceptors (Lipinski definition) is 4. The molecule has 0 aromatic carbocycles. The summed E-state index contributed by atoms with van der Waals surface area (Å²) in [5.74, 6) is 0.0424. The molecule has 0 unspecified atom stereocenters. The number of methoxy groups -OCH3 is 1. The van der Waals surface area contributed by atoms with Crippen LogP contribution in [-0.4, -0.2) is 37.3 Å². The van der Waals surface area contributed by atoms with E-state index in [0.29, 0.717) is 19.8 Å². The van der Waals surface area contributed by atoms with E-state index in [4.69, 9.17) is 9.47 Å². The third-order valence-corrected chi connectivity index (χ3v) is 2.39. The average molecular weight is 268 g/mol. The van der Waals surface area contributed by atoms with Crippen LogP contribution in [0.2, 0.25) is 0 Å². The Morgan fingerprint density at radius 2 is 2.21 bits per heavy atom. The fourth-order valence-corrected chi connectivity index (χ4v) is 1.46. The van der Waals surface area contributed by atoms with Gasteiger partial charge in [0.2, 0.25) is 5.91 Å². The number of pyridine rings is 1. The number of nitrogens with zero attached hydrogens (tertiary/aromatic N) is 1. The van der Waals surface area contributed by atoms with Gasteiger partial charge in [0.15, 0.2) is 5.75 Å². The molecule has 0 fully saturated rings. The zero-order valence-corrected chi connectivity index (χ0v) is 11.3. The molecule has 0 atom stereocenters. The Morgan fingerprint density at radius 3 is 2.89 bits per heavy atom. The number of ether oxygens (including phenoxy) is 2. The highest BCUT2D eigenvalue weighted by atomic mass is 16.5. The maximum atomic E-state index is 12.0. The minimum atomic E-state index is -0.294. The van der Waals surface area contributed by atoms with Gasteiger partial charge in [-0.25, -0.2) is 0 Å². The van der Waals surface area contributed by atoms with Gasteiger partial charge in [-0.05, 0) is 18.6 Å². The van der Waals surface area contributed by atoms with Gasteiger partial charge >= 0.3 is 0 Å². The van der Waals surface area contributed by atoms with Crippen molar-refractivity contribution in [2.24, 2.45) is 0 Å². The van der Waals surface area contributed by atoms with Crippen molar-refractivity contribution >= 4 is 5.91 Å². The number of rotatable bonds is 8. The number of nitrogens with one attached hydrogen (secondary N) is 1. The molecule has 1 aromatic rings. The monoisotopic (exact) mass is 268 g/mol. The molecular formula is C13H20N2O4. The zero-order chi connectivity index (χ0) is 14.1. The Kier molecular flexibility index (Phi) is 6.67. The van der Waals surface area contributed by atoms with Crippen LogP contribution in [0, 0.1) is 0 Å². The smallest absolute Gasteiger partial charge is 0.293 e. The molecule has 19 heavy (non-hydrogen) atoms. The quantitative estimate of drug-likeness (QED) is 0.693. The maximum Gasteiger partial charge on any atom is 0.293 e.